The largest absolute Gasteiger partial charge is 0.397 e. The van der Waals surface area contributed by atoms with E-state index in [1.165, 1.54) is 6.26 Å². The van der Waals surface area contributed by atoms with E-state index in [4.69, 9.17) is 11.5 Å². The Kier molecular flexibility index (Phi) is 3.67. The zero-order valence-electron chi connectivity index (χ0n) is 10.4. The normalized spacial score (nSPS) is 12.5. The molecule has 2 aromatic rings. The van der Waals surface area contributed by atoms with Gasteiger partial charge in [-0.05, 0) is 6.92 Å². The molecule has 9 heteroatoms. The second-order valence-electron chi connectivity index (χ2n) is 3.73. The van der Waals surface area contributed by atoms with Crippen LogP contribution in [-0.2, 0) is 10.8 Å². The first-order valence-electron chi connectivity index (χ1n) is 5.42. The number of hydrogen-bond donors (Lipinski definition) is 3. The van der Waals surface area contributed by atoms with Crippen LogP contribution in [0.15, 0.2) is 5.16 Å². The summed E-state index contributed by atoms with van der Waals surface area (Å²) in [7, 11) is -1.32. The molecule has 0 radical (unpaired) electrons. The summed E-state index contributed by atoms with van der Waals surface area (Å²) in [4.78, 5) is 20.4. The van der Waals surface area contributed by atoms with Gasteiger partial charge in [0.2, 0.25) is 5.16 Å². The van der Waals surface area contributed by atoms with Crippen molar-refractivity contribution in [3.63, 3.8) is 0 Å². The van der Waals surface area contributed by atoms with Crippen molar-refractivity contribution in [3.8, 4) is 0 Å². The van der Waals surface area contributed by atoms with E-state index in [0.29, 0.717) is 22.6 Å². The highest BCUT2D eigenvalue weighted by molar-refractivity contribution is 7.84. The fourth-order valence-corrected chi connectivity index (χ4v) is 3.05. The average molecular weight is 299 g/mol. The number of thiophene rings is 1. The van der Waals surface area contributed by atoms with Crippen LogP contribution >= 0.6 is 11.3 Å². The molecule has 1 atom stereocenters. The fourth-order valence-electron chi connectivity index (χ4n) is 1.61. The van der Waals surface area contributed by atoms with Gasteiger partial charge in [-0.25, -0.2) is 9.97 Å². The Bertz CT molecular complexity index is 682. The molecule has 2 aromatic heterocycles. The predicted molar refractivity (Wildman–Crippen MR) is 76.8 cm³/mol. The molecule has 102 valence electrons. The highest BCUT2D eigenvalue weighted by atomic mass is 32.2. The number of nitrogens with one attached hydrogen (secondary N) is 1. The number of nitrogen functional groups attached to an aromatic ring is 1. The molecule has 7 nitrogen and oxygen atoms in total. The lowest BCUT2D eigenvalue weighted by atomic mass is 10.2. The Labute approximate surface area is 115 Å². The summed E-state index contributed by atoms with van der Waals surface area (Å²) in [6, 6.07) is 0. The first kappa shape index (κ1) is 13.7. The zero-order chi connectivity index (χ0) is 14.2. The number of carbonyl (C=O) groups is 1. The van der Waals surface area contributed by atoms with E-state index in [-0.39, 0.29) is 15.7 Å². The summed E-state index contributed by atoms with van der Waals surface area (Å²) in [5.74, 6) is -0.138. The third-order valence-corrected chi connectivity index (χ3v) is 4.20. The molecule has 2 rings (SSSR count). The van der Waals surface area contributed by atoms with Gasteiger partial charge < -0.3 is 16.8 Å². The summed E-state index contributed by atoms with van der Waals surface area (Å²) < 4.78 is 11.5. The molecular weight excluding hydrogens is 286 g/mol. The fraction of sp³-hybridized carbons (Fsp3) is 0.300. The van der Waals surface area contributed by atoms with E-state index in [9.17, 15) is 9.00 Å². The molecule has 1 amide bonds. The van der Waals surface area contributed by atoms with Crippen LogP contribution in [0.1, 0.15) is 16.6 Å². The van der Waals surface area contributed by atoms with Crippen molar-refractivity contribution in [2.75, 3.05) is 23.9 Å². The van der Waals surface area contributed by atoms with Crippen molar-refractivity contribution >= 4 is 49.8 Å². The van der Waals surface area contributed by atoms with Crippen molar-refractivity contribution in [3.05, 3.63) is 4.88 Å². The number of anilines is 2. The lowest BCUT2D eigenvalue weighted by Gasteiger charge is -2.06. The van der Waals surface area contributed by atoms with Gasteiger partial charge in [0.1, 0.15) is 15.5 Å². The third kappa shape index (κ3) is 2.38. The summed E-state index contributed by atoms with van der Waals surface area (Å²) in [5.41, 5.74) is 11.4. The van der Waals surface area contributed by atoms with Gasteiger partial charge >= 0.3 is 0 Å². The Morgan fingerprint density at radius 1 is 1.47 bits per heavy atom. The highest BCUT2D eigenvalue weighted by Crippen LogP contribution is 2.36. The number of fused-ring (bicyclic) bond motifs is 1. The van der Waals surface area contributed by atoms with Gasteiger partial charge in [0.25, 0.3) is 5.91 Å². The maximum Gasteiger partial charge on any atom is 0.260 e. The molecule has 0 aromatic carbocycles. The molecule has 0 aliphatic heterocycles. The van der Waals surface area contributed by atoms with Crippen molar-refractivity contribution in [2.45, 2.75) is 12.1 Å². The number of amides is 1. The molecule has 0 spiro atoms. The maximum atomic E-state index is 11.5. The minimum absolute atomic E-state index is 0.195. The van der Waals surface area contributed by atoms with Crippen molar-refractivity contribution in [1.29, 1.82) is 0 Å². The molecule has 0 bridgehead atoms. The van der Waals surface area contributed by atoms with Gasteiger partial charge in [0.15, 0.2) is 0 Å². The topological polar surface area (TPSA) is 124 Å². The lowest BCUT2D eigenvalue weighted by molar-refractivity contribution is 0.100. The second-order valence-corrected chi connectivity index (χ2v) is 6.00. The molecule has 5 N–H and O–H groups in total. The Morgan fingerprint density at radius 3 is 2.68 bits per heavy atom. The van der Waals surface area contributed by atoms with E-state index >= 15 is 0 Å². The van der Waals surface area contributed by atoms with Crippen molar-refractivity contribution < 1.29 is 9.00 Å². The summed E-state index contributed by atoms with van der Waals surface area (Å²) in [5, 5.41) is 3.77. The van der Waals surface area contributed by atoms with Crippen molar-refractivity contribution in [2.24, 2.45) is 5.73 Å². The van der Waals surface area contributed by atoms with Crippen LogP contribution in [0.4, 0.5) is 11.5 Å². The molecule has 0 aliphatic carbocycles. The molecule has 0 aliphatic rings. The smallest absolute Gasteiger partial charge is 0.260 e. The minimum Gasteiger partial charge on any atom is -0.397 e. The average Bonchev–Trinajstić information content (AvgIpc) is 2.67. The van der Waals surface area contributed by atoms with E-state index in [1.54, 1.807) is 0 Å². The molecular formula is C10H13N5O2S2. The summed E-state index contributed by atoms with van der Waals surface area (Å²) in [6.45, 7) is 2.51. The molecule has 0 saturated heterocycles. The summed E-state index contributed by atoms with van der Waals surface area (Å²) >= 11 is 1.08. The molecule has 0 fully saturated rings. The third-order valence-electron chi connectivity index (χ3n) is 2.39. The van der Waals surface area contributed by atoms with Gasteiger partial charge in [-0.15, -0.1) is 11.3 Å². The molecule has 1 unspecified atom stereocenters. The standard InChI is InChI=1S/C10H13N5O2S2/c1-3-13-8-4-5(11)6(7(12)16)18-9(4)15-10(14-8)19(2)17/h3,11H2,1-2H3,(H2,12,16)(H,13,14,15). The maximum absolute atomic E-state index is 11.5. The van der Waals surface area contributed by atoms with Gasteiger partial charge in [-0.3, -0.25) is 9.00 Å². The Morgan fingerprint density at radius 2 is 2.16 bits per heavy atom. The Hall–Kier alpha value is -1.74. The van der Waals surface area contributed by atoms with Crippen LogP contribution in [0.25, 0.3) is 10.2 Å². The van der Waals surface area contributed by atoms with Gasteiger partial charge in [0.05, 0.1) is 21.9 Å². The minimum atomic E-state index is -1.32. The number of nitrogens with zero attached hydrogens (tertiary/aromatic N) is 2. The molecule has 2 heterocycles. The van der Waals surface area contributed by atoms with Crippen LogP contribution < -0.4 is 16.8 Å². The lowest BCUT2D eigenvalue weighted by Crippen LogP contribution is -2.11. The van der Waals surface area contributed by atoms with E-state index in [0.717, 1.165) is 11.3 Å². The predicted octanol–water partition coefficient (Wildman–Crippen LogP) is 0.542. The quantitative estimate of drug-likeness (QED) is 0.708. The summed E-state index contributed by atoms with van der Waals surface area (Å²) in [6.07, 6.45) is 1.49. The van der Waals surface area contributed by atoms with Crippen LogP contribution in [0.5, 0.6) is 0 Å². The molecule has 0 saturated carbocycles. The number of aromatic nitrogens is 2. The van der Waals surface area contributed by atoms with E-state index < -0.39 is 16.7 Å². The second kappa shape index (κ2) is 5.10. The number of hydrogen-bond acceptors (Lipinski definition) is 7. The number of primary amides is 1. The molecule has 19 heavy (non-hydrogen) atoms. The van der Waals surface area contributed by atoms with Gasteiger partial charge in [-0.1, -0.05) is 0 Å². The van der Waals surface area contributed by atoms with Crippen LogP contribution in [0.3, 0.4) is 0 Å². The van der Waals surface area contributed by atoms with E-state index in [1.807, 2.05) is 6.92 Å². The first-order chi connectivity index (χ1) is 8.95. The highest BCUT2D eigenvalue weighted by Gasteiger charge is 2.20. The number of carbonyl (C=O) groups excluding carboxylic acids is 1. The van der Waals surface area contributed by atoms with Gasteiger partial charge in [-0.2, -0.15) is 0 Å². The number of nitrogens with two attached hydrogens (primary N) is 2. The van der Waals surface area contributed by atoms with Crippen LogP contribution in [0, 0.1) is 0 Å². The van der Waals surface area contributed by atoms with Crippen LogP contribution in [0.2, 0.25) is 0 Å². The van der Waals surface area contributed by atoms with Crippen LogP contribution in [-0.4, -0.2) is 32.9 Å². The van der Waals surface area contributed by atoms with Crippen molar-refractivity contribution in [1.82, 2.24) is 9.97 Å². The Balaban J connectivity index is 2.79. The van der Waals surface area contributed by atoms with E-state index in [2.05, 4.69) is 15.3 Å². The zero-order valence-corrected chi connectivity index (χ0v) is 12.0. The monoisotopic (exact) mass is 299 g/mol. The van der Waals surface area contributed by atoms with Gasteiger partial charge in [0, 0.05) is 12.8 Å². The first-order valence-corrected chi connectivity index (χ1v) is 7.80. The SMILES string of the molecule is CCNc1nc(S(C)=O)nc2sc(C(N)=O)c(N)c12. The number of rotatable bonds is 4.